The number of aliphatic hydroxyl groups is 1. The number of primary amides is 1. The molecule has 1 aromatic heterocycles. The van der Waals surface area contributed by atoms with Gasteiger partial charge in [0.15, 0.2) is 34.7 Å². The number of benzene rings is 1. The standard InChI is InChI=1S/C29H32N4O7/c1-32(2)12-14-10-15(18-7-5-6-8-31-18)16-9-13-11-17-22(33(3)4)25(36)21(28(30)39)27(38)29(17,40)26(37)19(13)24(35)20(16)23(14)34/h5-8,10,13,17,19,21-22,34,40H,9,11-12H2,1-4H3,(H2,30,39)/t13-,17-,19?,21?,22-,29-/m0/s1. The molecule has 2 saturated carbocycles. The van der Waals surface area contributed by atoms with Gasteiger partial charge in [-0.2, -0.15) is 0 Å². The number of hydrogen-bond acceptors (Lipinski definition) is 10. The first kappa shape index (κ1) is 27.8. The zero-order valence-electron chi connectivity index (χ0n) is 22.7. The Morgan fingerprint density at radius 3 is 2.40 bits per heavy atom. The number of nitrogens with two attached hydrogens (primary N) is 1. The summed E-state index contributed by atoms with van der Waals surface area (Å²) in [6.07, 6.45) is 1.79. The molecule has 1 heterocycles. The van der Waals surface area contributed by atoms with Gasteiger partial charge in [0.2, 0.25) is 5.91 Å². The van der Waals surface area contributed by atoms with Gasteiger partial charge < -0.3 is 20.8 Å². The van der Waals surface area contributed by atoms with Crippen molar-refractivity contribution in [2.75, 3.05) is 28.2 Å². The van der Waals surface area contributed by atoms with E-state index >= 15 is 0 Å². The van der Waals surface area contributed by atoms with Gasteiger partial charge in [-0.15, -0.1) is 0 Å². The number of aromatic hydroxyl groups is 1. The third-order valence-electron chi connectivity index (χ3n) is 8.57. The first-order valence-electron chi connectivity index (χ1n) is 13.1. The van der Waals surface area contributed by atoms with Crippen LogP contribution in [0.3, 0.4) is 0 Å². The Kier molecular flexibility index (Phi) is 6.72. The van der Waals surface area contributed by atoms with E-state index in [9.17, 15) is 34.2 Å². The van der Waals surface area contributed by atoms with Crippen LogP contribution in [-0.2, 0) is 32.1 Å². The first-order chi connectivity index (χ1) is 18.8. The average Bonchev–Trinajstić information content (AvgIpc) is 2.87. The normalized spacial score (nSPS) is 29.8. The minimum absolute atomic E-state index is 0.00817. The molecule has 0 radical (unpaired) electrons. The van der Waals surface area contributed by atoms with Crippen LogP contribution in [0.5, 0.6) is 5.75 Å². The number of aromatic nitrogens is 1. The maximum Gasteiger partial charge on any atom is 0.235 e. The molecule has 11 nitrogen and oxygen atoms in total. The summed E-state index contributed by atoms with van der Waals surface area (Å²) in [5.41, 5.74) is 4.79. The molecule has 1 amide bonds. The summed E-state index contributed by atoms with van der Waals surface area (Å²) < 4.78 is 0. The summed E-state index contributed by atoms with van der Waals surface area (Å²) in [6.45, 7) is 0.297. The minimum Gasteiger partial charge on any atom is -0.507 e. The summed E-state index contributed by atoms with van der Waals surface area (Å²) >= 11 is 0. The van der Waals surface area contributed by atoms with Crippen LogP contribution in [0.2, 0.25) is 0 Å². The van der Waals surface area contributed by atoms with Crippen molar-refractivity contribution >= 4 is 29.0 Å². The molecule has 2 aromatic rings. The Bertz CT molecular complexity index is 1450. The lowest BCUT2D eigenvalue weighted by Gasteiger charge is -2.52. The number of amides is 1. The largest absolute Gasteiger partial charge is 0.507 e. The number of fused-ring (bicyclic) bond motifs is 3. The summed E-state index contributed by atoms with van der Waals surface area (Å²) in [5, 5.41) is 23.0. The van der Waals surface area contributed by atoms with Crippen molar-refractivity contribution in [1.29, 1.82) is 0 Å². The predicted molar refractivity (Wildman–Crippen MR) is 142 cm³/mol. The number of Topliss-reactive ketones (excluding diaryl/α,β-unsaturated/α-hetero) is 4. The first-order valence-corrected chi connectivity index (χ1v) is 13.1. The summed E-state index contributed by atoms with van der Waals surface area (Å²) in [6, 6.07) is 6.00. The number of likely N-dealkylation sites (N-methyl/N-ethyl adjacent to an activating group) is 1. The van der Waals surface area contributed by atoms with Gasteiger partial charge in [-0.1, -0.05) is 6.07 Å². The summed E-state index contributed by atoms with van der Waals surface area (Å²) in [5.74, 6) is -10.6. The number of nitrogens with zero attached hydrogens (tertiary/aromatic N) is 3. The van der Waals surface area contributed by atoms with Crippen LogP contribution in [0.4, 0.5) is 0 Å². The van der Waals surface area contributed by atoms with Crippen molar-refractivity contribution in [1.82, 2.24) is 14.8 Å². The Morgan fingerprint density at radius 2 is 1.82 bits per heavy atom. The quantitative estimate of drug-likeness (QED) is 0.432. The van der Waals surface area contributed by atoms with Gasteiger partial charge in [0.25, 0.3) is 0 Å². The number of hydrogen-bond donors (Lipinski definition) is 3. The van der Waals surface area contributed by atoms with Crippen LogP contribution in [0.15, 0.2) is 30.5 Å². The van der Waals surface area contributed by atoms with Gasteiger partial charge >= 0.3 is 0 Å². The van der Waals surface area contributed by atoms with E-state index in [1.165, 1.54) is 4.90 Å². The van der Waals surface area contributed by atoms with E-state index in [2.05, 4.69) is 4.98 Å². The van der Waals surface area contributed by atoms with Crippen molar-refractivity contribution < 1.29 is 34.2 Å². The molecule has 2 fully saturated rings. The van der Waals surface area contributed by atoms with Gasteiger partial charge in [0.05, 0.1) is 23.2 Å². The fourth-order valence-electron chi connectivity index (χ4n) is 6.94. The van der Waals surface area contributed by atoms with E-state index in [0.717, 1.165) is 0 Å². The van der Waals surface area contributed by atoms with E-state index in [4.69, 9.17) is 5.73 Å². The van der Waals surface area contributed by atoms with E-state index in [-0.39, 0.29) is 24.2 Å². The fraction of sp³-hybridized carbons (Fsp3) is 0.448. The second-order valence-electron chi connectivity index (χ2n) is 11.5. The lowest BCUT2D eigenvalue weighted by molar-refractivity contribution is -0.181. The number of ketones is 4. The molecule has 5 rings (SSSR count). The molecule has 2 unspecified atom stereocenters. The van der Waals surface area contributed by atoms with Gasteiger partial charge in [0.1, 0.15) is 5.75 Å². The topological polar surface area (TPSA) is 171 Å². The van der Waals surface area contributed by atoms with E-state index in [1.54, 1.807) is 44.6 Å². The van der Waals surface area contributed by atoms with Crippen LogP contribution in [0, 0.1) is 23.7 Å². The number of phenols is 1. The molecule has 0 spiro atoms. The highest BCUT2D eigenvalue weighted by atomic mass is 16.3. The van der Waals surface area contributed by atoms with Crippen LogP contribution in [-0.4, -0.2) is 93.9 Å². The van der Waals surface area contributed by atoms with Crippen LogP contribution >= 0.6 is 0 Å². The number of carbonyl (C=O) groups is 5. The summed E-state index contributed by atoms with van der Waals surface area (Å²) in [4.78, 5) is 74.7. The third-order valence-corrected chi connectivity index (χ3v) is 8.57. The average molecular weight is 549 g/mol. The molecular formula is C29H32N4O7. The highest BCUT2D eigenvalue weighted by molar-refractivity contribution is 6.32. The fourth-order valence-corrected chi connectivity index (χ4v) is 6.94. The molecule has 11 heteroatoms. The number of rotatable bonds is 5. The molecular weight excluding hydrogens is 516 g/mol. The molecule has 3 aliphatic rings. The monoisotopic (exact) mass is 548 g/mol. The van der Waals surface area contributed by atoms with Crippen molar-refractivity contribution in [3.8, 4) is 17.0 Å². The number of pyridine rings is 1. The zero-order chi connectivity index (χ0) is 29.3. The Balaban J connectivity index is 1.70. The Morgan fingerprint density at radius 1 is 1.12 bits per heavy atom. The maximum atomic E-state index is 14.1. The second kappa shape index (κ2) is 9.69. The lowest BCUT2D eigenvalue weighted by atomic mass is 9.52. The SMILES string of the molecule is CN(C)Cc1cc(-c2ccccn2)c2c(c1O)C(=O)C1C(=O)[C@]3(O)C(=O)C(C(N)=O)C(=O)[C@@H](N(C)C)[C@@H]3C[C@@H]1C2. The molecule has 0 aliphatic heterocycles. The van der Waals surface area contributed by atoms with Crippen molar-refractivity contribution in [3.05, 3.63) is 47.2 Å². The van der Waals surface area contributed by atoms with Crippen LogP contribution in [0.25, 0.3) is 11.3 Å². The Labute approximate surface area is 231 Å². The van der Waals surface area contributed by atoms with Crippen molar-refractivity contribution in [2.45, 2.75) is 31.0 Å². The number of phenolic OH excluding ortho intramolecular Hbond substituents is 1. The highest BCUT2D eigenvalue weighted by Gasteiger charge is 2.69. The predicted octanol–water partition coefficient (Wildman–Crippen LogP) is -0.00940. The van der Waals surface area contributed by atoms with Crippen LogP contribution < -0.4 is 5.73 Å². The summed E-state index contributed by atoms with van der Waals surface area (Å²) in [7, 11) is 6.73. The molecule has 4 N–H and O–H groups in total. The van der Waals surface area contributed by atoms with E-state index in [0.29, 0.717) is 28.9 Å². The Hall–Kier alpha value is -3.80. The molecule has 1 aromatic carbocycles. The number of carbonyl (C=O) groups excluding carboxylic acids is 5. The van der Waals surface area contributed by atoms with E-state index in [1.807, 2.05) is 19.0 Å². The zero-order valence-corrected chi connectivity index (χ0v) is 22.7. The maximum absolute atomic E-state index is 14.1. The molecule has 210 valence electrons. The van der Waals surface area contributed by atoms with Gasteiger partial charge in [-0.3, -0.25) is 33.9 Å². The van der Waals surface area contributed by atoms with Crippen molar-refractivity contribution in [2.24, 2.45) is 29.4 Å². The van der Waals surface area contributed by atoms with E-state index < -0.39 is 64.4 Å². The smallest absolute Gasteiger partial charge is 0.235 e. The second-order valence-corrected chi connectivity index (χ2v) is 11.5. The molecule has 0 saturated heterocycles. The third kappa shape index (κ3) is 3.91. The van der Waals surface area contributed by atoms with Gasteiger partial charge in [0, 0.05) is 29.8 Å². The lowest BCUT2D eigenvalue weighted by Crippen LogP contribution is -2.74. The molecule has 6 atom stereocenters. The van der Waals surface area contributed by atoms with Crippen molar-refractivity contribution in [3.63, 3.8) is 0 Å². The van der Waals surface area contributed by atoms with Crippen LogP contribution in [0.1, 0.15) is 27.9 Å². The molecule has 0 bridgehead atoms. The minimum atomic E-state index is -2.75. The van der Waals surface area contributed by atoms with Gasteiger partial charge in [-0.25, -0.2) is 0 Å². The molecule has 3 aliphatic carbocycles. The highest BCUT2D eigenvalue weighted by Crippen LogP contribution is 2.52. The molecule has 40 heavy (non-hydrogen) atoms. The van der Waals surface area contributed by atoms with Gasteiger partial charge in [-0.05, 0) is 70.7 Å².